The van der Waals surface area contributed by atoms with Crippen molar-refractivity contribution in [2.45, 2.75) is 20.3 Å². The Labute approximate surface area is 163 Å². The van der Waals surface area contributed by atoms with Gasteiger partial charge in [0.05, 0.1) is 17.9 Å². The maximum absolute atomic E-state index is 9.82. The Hall–Kier alpha value is -3.10. The van der Waals surface area contributed by atoms with Crippen LogP contribution in [-0.2, 0) is 6.42 Å². The van der Waals surface area contributed by atoms with Crippen LogP contribution in [-0.4, -0.2) is 16.7 Å². The van der Waals surface area contributed by atoms with E-state index >= 15 is 0 Å². The number of aromatic hydroxyl groups is 1. The smallest absolute Gasteiger partial charge is 0.161 e. The Morgan fingerprint density at radius 1 is 1.22 bits per heavy atom. The third-order valence-corrected chi connectivity index (χ3v) is 4.98. The molecule has 0 unspecified atom stereocenters. The van der Waals surface area contributed by atoms with Gasteiger partial charge in [0.15, 0.2) is 11.5 Å². The molecule has 3 rings (SSSR count). The van der Waals surface area contributed by atoms with Gasteiger partial charge in [-0.1, -0.05) is 37.3 Å². The van der Waals surface area contributed by atoms with Gasteiger partial charge in [-0.25, -0.2) is 4.98 Å². The molecule has 0 radical (unpaired) electrons. The molecule has 5 heteroatoms. The van der Waals surface area contributed by atoms with Gasteiger partial charge in [-0.3, -0.25) is 0 Å². The van der Waals surface area contributed by atoms with Crippen LogP contribution >= 0.6 is 11.3 Å². The lowest BCUT2D eigenvalue weighted by molar-refractivity contribution is 0.318. The van der Waals surface area contributed by atoms with Crippen molar-refractivity contribution < 1.29 is 9.84 Å². The molecule has 27 heavy (non-hydrogen) atoms. The molecule has 1 N–H and O–H groups in total. The van der Waals surface area contributed by atoms with Crippen molar-refractivity contribution in [3.05, 3.63) is 64.0 Å². The number of ether oxygens (including phenoxy) is 1. The minimum absolute atomic E-state index is 0.0829. The number of rotatable bonds is 6. The average Bonchev–Trinajstić information content (AvgIpc) is 3.18. The lowest BCUT2D eigenvalue weighted by Gasteiger charge is -2.06. The van der Waals surface area contributed by atoms with Gasteiger partial charge in [0.2, 0.25) is 0 Å². The molecule has 3 aromatic rings. The molecule has 0 atom stereocenters. The zero-order valence-corrected chi connectivity index (χ0v) is 16.1. The molecule has 0 aliphatic carbocycles. The van der Waals surface area contributed by atoms with E-state index in [4.69, 9.17) is 4.74 Å². The Kier molecular flexibility index (Phi) is 5.90. The Bertz CT molecular complexity index is 998. The van der Waals surface area contributed by atoms with E-state index in [0.717, 1.165) is 23.2 Å². The van der Waals surface area contributed by atoms with Crippen LogP contribution in [0.5, 0.6) is 11.5 Å². The molecule has 0 aliphatic heterocycles. The minimum Gasteiger partial charge on any atom is -0.504 e. The van der Waals surface area contributed by atoms with Crippen LogP contribution in [0.2, 0.25) is 0 Å². The highest BCUT2D eigenvalue weighted by molar-refractivity contribution is 7.11. The first-order valence-corrected chi connectivity index (χ1v) is 9.65. The van der Waals surface area contributed by atoms with Crippen molar-refractivity contribution in [2.24, 2.45) is 0 Å². The van der Waals surface area contributed by atoms with E-state index in [2.05, 4.69) is 42.2 Å². The fourth-order valence-electron chi connectivity index (χ4n) is 2.64. The largest absolute Gasteiger partial charge is 0.504 e. The highest BCUT2D eigenvalue weighted by Crippen LogP contribution is 2.30. The van der Waals surface area contributed by atoms with Crippen molar-refractivity contribution in [2.75, 3.05) is 6.61 Å². The molecule has 0 aliphatic rings. The number of nitrogens with zero attached hydrogens (tertiary/aromatic N) is 2. The van der Waals surface area contributed by atoms with Gasteiger partial charge in [-0.05, 0) is 42.7 Å². The molecular formula is C22H20N2O2S. The predicted octanol–water partition coefficient (Wildman–Crippen LogP) is 5.54. The van der Waals surface area contributed by atoms with Crippen LogP contribution in [0.4, 0.5) is 0 Å². The third-order valence-electron chi connectivity index (χ3n) is 4.11. The zero-order valence-electron chi connectivity index (χ0n) is 15.3. The van der Waals surface area contributed by atoms with Crippen LogP contribution in [0.1, 0.15) is 30.0 Å². The van der Waals surface area contributed by atoms with Gasteiger partial charge in [0.1, 0.15) is 11.1 Å². The number of aromatic nitrogens is 1. The number of benzene rings is 2. The number of nitriles is 1. The van der Waals surface area contributed by atoms with Gasteiger partial charge < -0.3 is 9.84 Å². The molecule has 0 fully saturated rings. The summed E-state index contributed by atoms with van der Waals surface area (Å²) in [5.74, 6) is 0.485. The van der Waals surface area contributed by atoms with Crippen LogP contribution in [0.25, 0.3) is 22.9 Å². The van der Waals surface area contributed by atoms with E-state index in [1.54, 1.807) is 24.3 Å². The van der Waals surface area contributed by atoms with E-state index in [1.165, 1.54) is 16.9 Å². The Morgan fingerprint density at radius 2 is 2.00 bits per heavy atom. The Morgan fingerprint density at radius 3 is 2.67 bits per heavy atom. The van der Waals surface area contributed by atoms with Crippen LogP contribution in [0, 0.1) is 11.3 Å². The highest BCUT2D eigenvalue weighted by Gasteiger charge is 2.10. The number of hydrogen-bond donors (Lipinski definition) is 1. The first-order chi connectivity index (χ1) is 13.1. The van der Waals surface area contributed by atoms with E-state index in [-0.39, 0.29) is 5.75 Å². The minimum atomic E-state index is 0.0829. The number of hydrogen-bond acceptors (Lipinski definition) is 5. The highest BCUT2D eigenvalue weighted by atomic mass is 32.1. The second-order valence-electron chi connectivity index (χ2n) is 5.92. The lowest BCUT2D eigenvalue weighted by atomic mass is 10.1. The number of aryl methyl sites for hydroxylation is 1. The second kappa shape index (κ2) is 8.52. The SMILES string of the molecule is CCOc1cc(C=C(C#N)c2nc(-c3ccc(CC)cc3)cs2)ccc1O. The summed E-state index contributed by atoms with van der Waals surface area (Å²) >= 11 is 1.44. The quantitative estimate of drug-likeness (QED) is 0.574. The molecule has 1 heterocycles. The van der Waals surface area contributed by atoms with Gasteiger partial charge in [-0.2, -0.15) is 5.26 Å². The first-order valence-electron chi connectivity index (χ1n) is 8.77. The molecule has 0 saturated heterocycles. The maximum atomic E-state index is 9.82. The maximum Gasteiger partial charge on any atom is 0.161 e. The number of phenols is 1. The zero-order chi connectivity index (χ0) is 19.2. The van der Waals surface area contributed by atoms with Gasteiger partial charge >= 0.3 is 0 Å². The summed E-state index contributed by atoms with van der Waals surface area (Å²) in [6.45, 7) is 4.44. The molecule has 0 saturated carbocycles. The van der Waals surface area contributed by atoms with Crippen molar-refractivity contribution in [1.29, 1.82) is 5.26 Å². The monoisotopic (exact) mass is 376 g/mol. The van der Waals surface area contributed by atoms with E-state index < -0.39 is 0 Å². The summed E-state index contributed by atoms with van der Waals surface area (Å²) in [6, 6.07) is 15.6. The fraction of sp³-hybridized carbons (Fsp3) is 0.182. The first kappa shape index (κ1) is 18.7. The molecule has 0 spiro atoms. The normalized spacial score (nSPS) is 11.2. The van der Waals surface area contributed by atoms with Crippen molar-refractivity contribution in [1.82, 2.24) is 4.98 Å². The molecular weight excluding hydrogens is 356 g/mol. The summed E-state index contributed by atoms with van der Waals surface area (Å²) in [4.78, 5) is 4.63. The average molecular weight is 376 g/mol. The number of allylic oxidation sites excluding steroid dienone is 1. The lowest BCUT2D eigenvalue weighted by Crippen LogP contribution is -1.92. The molecule has 1 aromatic heterocycles. The number of phenolic OH excluding ortho intramolecular Hbond substituents is 1. The van der Waals surface area contributed by atoms with E-state index in [9.17, 15) is 10.4 Å². The van der Waals surface area contributed by atoms with Gasteiger partial charge in [0.25, 0.3) is 0 Å². The van der Waals surface area contributed by atoms with Crippen LogP contribution < -0.4 is 4.74 Å². The summed E-state index contributed by atoms with van der Waals surface area (Å²) in [7, 11) is 0. The van der Waals surface area contributed by atoms with Crippen LogP contribution in [0.15, 0.2) is 47.8 Å². The third kappa shape index (κ3) is 4.36. The molecule has 2 aromatic carbocycles. The fourth-order valence-corrected chi connectivity index (χ4v) is 3.44. The van der Waals surface area contributed by atoms with E-state index in [1.807, 2.05) is 12.3 Å². The van der Waals surface area contributed by atoms with Crippen molar-refractivity contribution in [3.63, 3.8) is 0 Å². The van der Waals surface area contributed by atoms with Crippen molar-refractivity contribution >= 4 is 23.0 Å². The summed E-state index contributed by atoms with van der Waals surface area (Å²) in [6.07, 6.45) is 2.75. The predicted molar refractivity (Wildman–Crippen MR) is 110 cm³/mol. The molecule has 4 nitrogen and oxygen atoms in total. The van der Waals surface area contributed by atoms with E-state index in [0.29, 0.717) is 22.9 Å². The topological polar surface area (TPSA) is 66.1 Å². The molecule has 0 bridgehead atoms. The standard InChI is InChI=1S/C22H20N2O2S/c1-3-15-5-8-17(9-6-15)19-14-27-22(24-19)18(13-23)11-16-7-10-20(25)21(12-16)26-4-2/h5-12,14,25H,3-4H2,1-2H3. The van der Waals surface area contributed by atoms with Crippen LogP contribution in [0.3, 0.4) is 0 Å². The molecule has 136 valence electrons. The molecule has 0 amide bonds. The summed E-state index contributed by atoms with van der Waals surface area (Å²) < 4.78 is 5.40. The summed E-state index contributed by atoms with van der Waals surface area (Å²) in [5, 5.41) is 22.0. The second-order valence-corrected chi connectivity index (χ2v) is 6.78. The van der Waals surface area contributed by atoms with Gasteiger partial charge in [0, 0.05) is 10.9 Å². The van der Waals surface area contributed by atoms with Crippen molar-refractivity contribution in [3.8, 4) is 28.8 Å². The van der Waals surface area contributed by atoms with Gasteiger partial charge in [-0.15, -0.1) is 11.3 Å². The Balaban J connectivity index is 1.90. The summed E-state index contributed by atoms with van der Waals surface area (Å²) in [5.41, 5.74) is 4.43. The number of thiazole rings is 1.